The molecule has 25 heavy (non-hydrogen) atoms. The number of amides is 1. The smallest absolute Gasteiger partial charge is 0.341 e. The number of aromatic nitrogens is 2. The quantitative estimate of drug-likeness (QED) is 0.641. The summed E-state index contributed by atoms with van der Waals surface area (Å²) < 4.78 is 5.08. The van der Waals surface area contributed by atoms with Gasteiger partial charge < -0.3 is 15.2 Å². The van der Waals surface area contributed by atoms with Crippen LogP contribution < -0.4 is 10.1 Å². The van der Waals surface area contributed by atoms with Gasteiger partial charge in [-0.2, -0.15) is 5.10 Å². The van der Waals surface area contributed by atoms with E-state index < -0.39 is 12.6 Å². The summed E-state index contributed by atoms with van der Waals surface area (Å²) in [5.41, 5.74) is 2.87. The van der Waals surface area contributed by atoms with Crippen molar-refractivity contribution in [3.8, 4) is 17.0 Å². The highest BCUT2D eigenvalue weighted by atomic mass is 16.5. The summed E-state index contributed by atoms with van der Waals surface area (Å²) in [6.07, 6.45) is 1.67. The number of nitrogens with one attached hydrogen (secondary N) is 2. The summed E-state index contributed by atoms with van der Waals surface area (Å²) in [6, 6.07) is 15.5. The second-order valence-electron chi connectivity index (χ2n) is 5.21. The summed E-state index contributed by atoms with van der Waals surface area (Å²) in [6.45, 7) is -0.458. The lowest BCUT2D eigenvalue weighted by Gasteiger charge is -2.08. The largest absolute Gasteiger partial charge is 0.482 e. The average Bonchev–Trinajstić information content (AvgIpc) is 3.15. The van der Waals surface area contributed by atoms with E-state index in [1.54, 1.807) is 36.5 Å². The van der Waals surface area contributed by atoms with Gasteiger partial charge in [-0.3, -0.25) is 9.89 Å². The third-order valence-electron chi connectivity index (χ3n) is 3.41. The minimum Gasteiger partial charge on any atom is -0.482 e. The molecule has 3 rings (SSSR count). The first-order valence-electron chi connectivity index (χ1n) is 7.47. The minimum absolute atomic E-state index is 0.310. The van der Waals surface area contributed by atoms with Gasteiger partial charge in [-0.1, -0.05) is 18.2 Å². The number of nitrogens with zero attached hydrogens (tertiary/aromatic N) is 1. The van der Waals surface area contributed by atoms with Crippen molar-refractivity contribution in [2.45, 2.75) is 0 Å². The van der Waals surface area contributed by atoms with Gasteiger partial charge in [0.2, 0.25) is 0 Å². The Morgan fingerprint density at radius 2 is 1.92 bits per heavy atom. The molecule has 0 fully saturated rings. The topological polar surface area (TPSA) is 104 Å². The van der Waals surface area contributed by atoms with E-state index in [0.29, 0.717) is 17.0 Å². The molecule has 1 amide bonds. The fourth-order valence-corrected chi connectivity index (χ4v) is 2.23. The first-order valence-corrected chi connectivity index (χ1v) is 7.47. The van der Waals surface area contributed by atoms with Crippen molar-refractivity contribution in [2.24, 2.45) is 0 Å². The molecule has 7 heteroatoms. The molecule has 0 aliphatic rings. The fourth-order valence-electron chi connectivity index (χ4n) is 2.23. The predicted octanol–water partition coefficient (Wildman–Crippen LogP) is 2.79. The number of benzene rings is 2. The van der Waals surface area contributed by atoms with Gasteiger partial charge in [0.05, 0.1) is 5.69 Å². The monoisotopic (exact) mass is 337 g/mol. The Balaban J connectivity index is 1.67. The van der Waals surface area contributed by atoms with E-state index in [-0.39, 0.29) is 5.91 Å². The number of aliphatic carboxylic acids is 1. The standard InChI is InChI=1S/C18H15N3O4/c22-17(23)11-25-15-3-1-2-13(10-15)18(24)20-14-6-4-12(5-7-14)16-8-9-19-21-16/h1-10H,11H2,(H,19,21)(H,20,24)(H,22,23). The van der Waals surface area contributed by atoms with Gasteiger partial charge in [0, 0.05) is 17.4 Å². The molecule has 0 radical (unpaired) electrons. The van der Waals surface area contributed by atoms with Gasteiger partial charge in [0.1, 0.15) is 5.75 Å². The number of ether oxygens (including phenoxy) is 1. The van der Waals surface area contributed by atoms with Crippen molar-refractivity contribution >= 4 is 17.6 Å². The number of H-pyrrole nitrogens is 1. The van der Waals surface area contributed by atoms with E-state index >= 15 is 0 Å². The van der Waals surface area contributed by atoms with E-state index in [0.717, 1.165) is 11.3 Å². The Kier molecular flexibility index (Phi) is 4.75. The maximum absolute atomic E-state index is 12.3. The number of anilines is 1. The summed E-state index contributed by atoms with van der Waals surface area (Å²) in [5, 5.41) is 18.2. The summed E-state index contributed by atoms with van der Waals surface area (Å²) in [5.74, 6) is -1.06. The molecule has 3 aromatic rings. The van der Waals surface area contributed by atoms with Crippen LogP contribution in [0, 0.1) is 0 Å². The molecule has 126 valence electrons. The Morgan fingerprint density at radius 1 is 1.12 bits per heavy atom. The molecular weight excluding hydrogens is 322 g/mol. The van der Waals surface area contributed by atoms with Gasteiger partial charge in [-0.25, -0.2) is 4.79 Å². The van der Waals surface area contributed by atoms with Crippen LogP contribution in [0.4, 0.5) is 5.69 Å². The second kappa shape index (κ2) is 7.31. The van der Waals surface area contributed by atoms with E-state index in [1.165, 1.54) is 6.07 Å². The first kappa shape index (κ1) is 16.3. The lowest BCUT2D eigenvalue weighted by Crippen LogP contribution is -2.13. The number of aromatic amines is 1. The Morgan fingerprint density at radius 3 is 2.60 bits per heavy atom. The maximum atomic E-state index is 12.3. The van der Waals surface area contributed by atoms with Gasteiger partial charge in [0.25, 0.3) is 5.91 Å². The molecule has 0 unspecified atom stereocenters. The molecular formula is C18H15N3O4. The molecule has 1 aromatic heterocycles. The molecule has 0 aliphatic heterocycles. The fraction of sp³-hybridized carbons (Fsp3) is 0.0556. The zero-order valence-electron chi connectivity index (χ0n) is 13.1. The number of hydrogen-bond acceptors (Lipinski definition) is 4. The Bertz CT molecular complexity index is 874. The molecule has 2 aromatic carbocycles. The number of carboxylic acids is 1. The van der Waals surface area contributed by atoms with Crippen LogP contribution in [0.15, 0.2) is 60.8 Å². The zero-order chi connectivity index (χ0) is 17.6. The zero-order valence-corrected chi connectivity index (χ0v) is 13.1. The van der Waals surface area contributed by atoms with E-state index in [9.17, 15) is 9.59 Å². The lowest BCUT2D eigenvalue weighted by atomic mass is 10.1. The third kappa shape index (κ3) is 4.23. The molecule has 3 N–H and O–H groups in total. The van der Waals surface area contributed by atoms with Crippen molar-refractivity contribution in [1.82, 2.24) is 10.2 Å². The Labute approximate surface area is 143 Å². The van der Waals surface area contributed by atoms with E-state index in [4.69, 9.17) is 9.84 Å². The van der Waals surface area contributed by atoms with Gasteiger partial charge in [-0.15, -0.1) is 0 Å². The number of carbonyl (C=O) groups is 2. The third-order valence-corrected chi connectivity index (χ3v) is 3.41. The lowest BCUT2D eigenvalue weighted by molar-refractivity contribution is -0.139. The van der Waals surface area contributed by atoms with Gasteiger partial charge in [-0.05, 0) is 42.0 Å². The van der Waals surface area contributed by atoms with Crippen molar-refractivity contribution in [3.05, 3.63) is 66.4 Å². The van der Waals surface area contributed by atoms with Crippen molar-refractivity contribution < 1.29 is 19.4 Å². The van der Waals surface area contributed by atoms with Crippen molar-refractivity contribution in [3.63, 3.8) is 0 Å². The van der Waals surface area contributed by atoms with Crippen LogP contribution in [0.5, 0.6) is 5.75 Å². The molecule has 0 spiro atoms. The van der Waals surface area contributed by atoms with Crippen LogP contribution in [0.1, 0.15) is 10.4 Å². The second-order valence-corrected chi connectivity index (χ2v) is 5.21. The van der Waals surface area contributed by atoms with Crippen LogP contribution >= 0.6 is 0 Å². The van der Waals surface area contributed by atoms with Crippen molar-refractivity contribution in [1.29, 1.82) is 0 Å². The summed E-state index contributed by atoms with van der Waals surface area (Å²) >= 11 is 0. The molecule has 0 atom stereocenters. The molecule has 1 heterocycles. The van der Waals surface area contributed by atoms with Gasteiger partial charge in [0.15, 0.2) is 6.61 Å². The SMILES string of the molecule is O=C(O)COc1cccc(C(=O)Nc2ccc(-c3ccn[nH]3)cc2)c1. The average molecular weight is 337 g/mol. The van der Waals surface area contributed by atoms with Crippen LogP contribution in [-0.4, -0.2) is 33.8 Å². The van der Waals surface area contributed by atoms with E-state index in [1.807, 2.05) is 18.2 Å². The first-order chi connectivity index (χ1) is 12.1. The molecule has 7 nitrogen and oxygen atoms in total. The Hall–Kier alpha value is -3.61. The highest BCUT2D eigenvalue weighted by Crippen LogP contribution is 2.20. The van der Waals surface area contributed by atoms with Crippen LogP contribution in [0.2, 0.25) is 0 Å². The highest BCUT2D eigenvalue weighted by Gasteiger charge is 2.08. The molecule has 0 saturated carbocycles. The number of rotatable bonds is 6. The van der Waals surface area contributed by atoms with Crippen LogP contribution in [-0.2, 0) is 4.79 Å². The summed E-state index contributed by atoms with van der Waals surface area (Å²) in [7, 11) is 0. The van der Waals surface area contributed by atoms with Crippen LogP contribution in [0.3, 0.4) is 0 Å². The van der Waals surface area contributed by atoms with Crippen LogP contribution in [0.25, 0.3) is 11.3 Å². The normalized spacial score (nSPS) is 10.2. The van der Waals surface area contributed by atoms with E-state index in [2.05, 4.69) is 15.5 Å². The minimum atomic E-state index is -1.08. The molecule has 0 bridgehead atoms. The predicted molar refractivity (Wildman–Crippen MR) is 91.5 cm³/mol. The maximum Gasteiger partial charge on any atom is 0.341 e. The summed E-state index contributed by atoms with van der Waals surface area (Å²) in [4.78, 5) is 22.9. The van der Waals surface area contributed by atoms with Crippen molar-refractivity contribution in [2.75, 3.05) is 11.9 Å². The molecule has 0 aliphatic carbocycles. The number of carboxylic acid groups (broad SMARTS) is 1. The highest BCUT2D eigenvalue weighted by molar-refractivity contribution is 6.04. The number of hydrogen-bond donors (Lipinski definition) is 3. The number of carbonyl (C=O) groups excluding carboxylic acids is 1. The molecule has 0 saturated heterocycles. The van der Waals surface area contributed by atoms with Gasteiger partial charge >= 0.3 is 5.97 Å².